The highest BCUT2D eigenvalue weighted by Crippen LogP contribution is 2.38. The van der Waals surface area contributed by atoms with Crippen LogP contribution in [0.15, 0.2) is 23.4 Å². The number of nitrogens with one attached hydrogen (secondary N) is 2. The van der Waals surface area contributed by atoms with Crippen LogP contribution >= 0.6 is 0 Å². The summed E-state index contributed by atoms with van der Waals surface area (Å²) in [6.07, 6.45) is 2.89. The Hall–Kier alpha value is -2.99. The van der Waals surface area contributed by atoms with Gasteiger partial charge in [-0.1, -0.05) is 0 Å². The minimum atomic E-state index is -4.01. The molecule has 2 fully saturated rings. The largest absolute Gasteiger partial charge is 0.352 e. The normalized spacial score (nSPS) is 20.2. The molecule has 2 N–H and O–H groups in total. The van der Waals surface area contributed by atoms with Crippen molar-refractivity contribution in [3.05, 3.63) is 24.3 Å². The quantitative estimate of drug-likeness (QED) is 0.581. The Bertz CT molecular complexity index is 1400. The number of nitrogens with zero attached hydrogens (tertiary/aromatic N) is 5. The molecule has 10 nitrogen and oxygen atoms in total. The van der Waals surface area contributed by atoms with Gasteiger partial charge in [0.05, 0.1) is 5.39 Å². The number of hydrogen-bond acceptors (Lipinski definition) is 6. The monoisotopic (exact) mass is 489 g/mol. The standard InChI is InChI=1S/C22H28FN7O3S/c1-13-11-29(7-8-30(13)21(31)28(3)4)20-18-14-9-15(23)17(34(32,33)27-22(2)5-6-22)10-16(14)26-19(18)24-12-25-20/h9-10,12-13,27H,5-8,11H2,1-4H3,(H,24,25,26). The lowest BCUT2D eigenvalue weighted by molar-refractivity contribution is 0.146. The third-order valence-electron chi connectivity index (χ3n) is 6.65. The van der Waals surface area contributed by atoms with Crippen LogP contribution in [0, 0.1) is 5.82 Å². The number of piperazine rings is 1. The fraction of sp³-hybridized carbons (Fsp3) is 0.500. The summed E-state index contributed by atoms with van der Waals surface area (Å²) in [6.45, 7) is 5.41. The summed E-state index contributed by atoms with van der Waals surface area (Å²) in [5.74, 6) is -0.201. The van der Waals surface area contributed by atoms with Crippen LogP contribution in [0.4, 0.5) is 15.0 Å². The van der Waals surface area contributed by atoms with Gasteiger partial charge in [-0.05, 0) is 38.8 Å². The van der Waals surface area contributed by atoms with E-state index in [1.165, 1.54) is 18.5 Å². The van der Waals surface area contributed by atoms with Crippen molar-refractivity contribution in [2.24, 2.45) is 0 Å². The van der Waals surface area contributed by atoms with E-state index in [0.717, 1.165) is 12.8 Å². The Morgan fingerprint density at radius 3 is 2.65 bits per heavy atom. The van der Waals surface area contributed by atoms with E-state index in [1.54, 1.807) is 25.9 Å². The van der Waals surface area contributed by atoms with E-state index >= 15 is 4.39 Å². The van der Waals surface area contributed by atoms with Crippen molar-refractivity contribution in [1.82, 2.24) is 29.5 Å². The summed E-state index contributed by atoms with van der Waals surface area (Å²) in [7, 11) is -0.553. The second kappa shape index (κ2) is 7.77. The predicted molar refractivity (Wildman–Crippen MR) is 127 cm³/mol. The van der Waals surface area contributed by atoms with Gasteiger partial charge in [0.25, 0.3) is 0 Å². The first-order chi connectivity index (χ1) is 16.0. The summed E-state index contributed by atoms with van der Waals surface area (Å²) in [4.78, 5) is 29.4. The van der Waals surface area contributed by atoms with Crippen molar-refractivity contribution >= 4 is 43.8 Å². The Balaban J connectivity index is 1.53. The molecule has 1 aromatic carbocycles. The minimum absolute atomic E-state index is 0.0449. The topological polar surface area (TPSA) is 115 Å². The first-order valence-corrected chi connectivity index (χ1v) is 12.7. The maximum absolute atomic E-state index is 15.1. The summed E-state index contributed by atoms with van der Waals surface area (Å²) in [6, 6.07) is 2.46. The number of rotatable bonds is 4. The number of hydrogen-bond donors (Lipinski definition) is 2. The van der Waals surface area contributed by atoms with Crippen molar-refractivity contribution in [2.45, 2.75) is 43.2 Å². The van der Waals surface area contributed by atoms with Gasteiger partial charge in [0.15, 0.2) is 0 Å². The van der Waals surface area contributed by atoms with Gasteiger partial charge in [-0.25, -0.2) is 32.3 Å². The van der Waals surface area contributed by atoms with Crippen molar-refractivity contribution in [3.63, 3.8) is 0 Å². The highest BCUT2D eigenvalue weighted by atomic mass is 32.2. The molecule has 1 aliphatic carbocycles. The van der Waals surface area contributed by atoms with Gasteiger partial charge in [0.1, 0.15) is 28.5 Å². The van der Waals surface area contributed by atoms with Crippen molar-refractivity contribution in [1.29, 1.82) is 0 Å². The summed E-state index contributed by atoms with van der Waals surface area (Å²) in [5, 5.41) is 1.14. The molecule has 12 heteroatoms. The number of carbonyl (C=O) groups is 1. The zero-order chi connectivity index (χ0) is 24.4. The van der Waals surface area contributed by atoms with Crippen molar-refractivity contribution in [3.8, 4) is 0 Å². The molecule has 182 valence electrons. The highest BCUT2D eigenvalue weighted by molar-refractivity contribution is 7.89. The van der Waals surface area contributed by atoms with Crippen LogP contribution in [0.5, 0.6) is 0 Å². The fourth-order valence-corrected chi connectivity index (χ4v) is 6.07. The van der Waals surface area contributed by atoms with Crippen LogP contribution in [0.1, 0.15) is 26.7 Å². The molecule has 2 aliphatic rings. The smallest absolute Gasteiger partial charge is 0.319 e. The Morgan fingerprint density at radius 2 is 2.00 bits per heavy atom. The summed E-state index contributed by atoms with van der Waals surface area (Å²) >= 11 is 0. The zero-order valence-electron chi connectivity index (χ0n) is 19.6. The molecule has 5 rings (SSSR count). The van der Waals surface area contributed by atoms with E-state index in [2.05, 4.69) is 24.6 Å². The highest BCUT2D eigenvalue weighted by Gasteiger charge is 2.42. The molecule has 1 aliphatic heterocycles. The number of aromatic nitrogens is 3. The maximum Gasteiger partial charge on any atom is 0.319 e. The van der Waals surface area contributed by atoms with Gasteiger partial charge in [0.2, 0.25) is 10.0 Å². The molecule has 1 unspecified atom stereocenters. The number of urea groups is 1. The molecular weight excluding hydrogens is 461 g/mol. The van der Waals surface area contributed by atoms with Gasteiger partial charge >= 0.3 is 6.03 Å². The van der Waals surface area contributed by atoms with E-state index in [9.17, 15) is 13.2 Å². The first kappa shape index (κ1) is 22.8. The van der Waals surface area contributed by atoms with Crippen LogP contribution in [0.25, 0.3) is 21.9 Å². The Morgan fingerprint density at radius 1 is 1.26 bits per heavy atom. The lowest BCUT2D eigenvalue weighted by atomic mass is 10.1. The molecule has 3 aromatic rings. The lowest BCUT2D eigenvalue weighted by Gasteiger charge is -2.41. The average molecular weight is 490 g/mol. The van der Waals surface area contributed by atoms with Crippen LogP contribution in [-0.2, 0) is 10.0 Å². The first-order valence-electron chi connectivity index (χ1n) is 11.2. The number of carbonyl (C=O) groups excluding carboxylic acids is 1. The Labute approximate surface area is 197 Å². The van der Waals surface area contributed by atoms with Crippen LogP contribution < -0.4 is 9.62 Å². The van der Waals surface area contributed by atoms with Gasteiger partial charge in [-0.3, -0.25) is 0 Å². The average Bonchev–Trinajstić information content (AvgIpc) is 3.37. The molecular formula is C22H28FN7O3S. The van der Waals surface area contributed by atoms with Gasteiger partial charge in [0, 0.05) is 56.2 Å². The van der Waals surface area contributed by atoms with Gasteiger partial charge < -0.3 is 19.7 Å². The molecule has 2 amide bonds. The van der Waals surface area contributed by atoms with Crippen molar-refractivity contribution in [2.75, 3.05) is 38.6 Å². The zero-order valence-corrected chi connectivity index (χ0v) is 20.4. The van der Waals surface area contributed by atoms with Gasteiger partial charge in [-0.15, -0.1) is 0 Å². The van der Waals surface area contributed by atoms with E-state index in [-0.39, 0.29) is 12.1 Å². The number of sulfonamides is 1. The van der Waals surface area contributed by atoms with Crippen molar-refractivity contribution < 1.29 is 17.6 Å². The van der Waals surface area contributed by atoms with Gasteiger partial charge in [-0.2, -0.15) is 0 Å². The second-order valence-electron chi connectivity index (χ2n) is 9.71. The molecule has 3 heterocycles. The number of fused-ring (bicyclic) bond motifs is 3. The lowest BCUT2D eigenvalue weighted by Crippen LogP contribution is -2.56. The summed E-state index contributed by atoms with van der Waals surface area (Å²) in [5.41, 5.74) is 0.455. The van der Waals surface area contributed by atoms with Crippen LogP contribution in [0.2, 0.25) is 0 Å². The third-order valence-corrected chi connectivity index (χ3v) is 8.30. The number of benzene rings is 1. The number of aromatic amines is 1. The molecule has 1 atom stereocenters. The molecule has 0 bridgehead atoms. The van der Waals surface area contributed by atoms with Crippen LogP contribution in [-0.4, -0.2) is 84.5 Å². The number of H-pyrrole nitrogens is 1. The molecule has 1 saturated carbocycles. The number of amides is 2. The molecule has 1 saturated heterocycles. The predicted octanol–water partition coefficient (Wildman–Crippen LogP) is 2.27. The Kier molecular flexibility index (Phi) is 5.21. The maximum atomic E-state index is 15.1. The van der Waals surface area contributed by atoms with E-state index in [4.69, 9.17) is 0 Å². The molecule has 0 spiro atoms. The second-order valence-corrected chi connectivity index (χ2v) is 11.4. The number of halogens is 1. The number of anilines is 1. The van der Waals surface area contributed by atoms with E-state index in [0.29, 0.717) is 47.4 Å². The summed E-state index contributed by atoms with van der Waals surface area (Å²) < 4.78 is 43.4. The molecule has 0 radical (unpaired) electrons. The minimum Gasteiger partial charge on any atom is -0.352 e. The fourth-order valence-electron chi connectivity index (χ4n) is 4.52. The molecule has 34 heavy (non-hydrogen) atoms. The van der Waals surface area contributed by atoms with Crippen LogP contribution in [0.3, 0.4) is 0 Å². The van der Waals surface area contributed by atoms with E-state index < -0.39 is 26.3 Å². The van der Waals surface area contributed by atoms with E-state index in [1.807, 2.05) is 11.8 Å². The molecule has 2 aromatic heterocycles. The third kappa shape index (κ3) is 3.84. The SMILES string of the molecule is CC1CN(c2ncnc3[nH]c4cc(S(=O)(=O)NC5(C)CC5)c(F)cc4c23)CCN1C(=O)N(C)C.